The molecule has 1 aromatic rings. The highest BCUT2D eigenvalue weighted by molar-refractivity contribution is 6.32. The Kier molecular flexibility index (Phi) is 3.64. The number of rotatable bonds is 2. The van der Waals surface area contributed by atoms with Gasteiger partial charge in [0.2, 0.25) is 0 Å². The van der Waals surface area contributed by atoms with Crippen LogP contribution in [0.5, 0.6) is 0 Å². The average molecular weight is 228 g/mol. The number of hydrogen-bond donors (Lipinski definition) is 0. The van der Waals surface area contributed by atoms with Gasteiger partial charge in [-0.05, 0) is 11.6 Å². The van der Waals surface area contributed by atoms with Crippen LogP contribution >= 0.6 is 11.6 Å². The van der Waals surface area contributed by atoms with Crippen molar-refractivity contribution in [3.05, 3.63) is 34.1 Å². The highest BCUT2D eigenvalue weighted by Crippen LogP contribution is 2.23. The fourth-order valence-corrected chi connectivity index (χ4v) is 1.31. The van der Waals surface area contributed by atoms with Crippen molar-refractivity contribution in [1.82, 2.24) is 0 Å². The second kappa shape index (κ2) is 4.76. The summed E-state index contributed by atoms with van der Waals surface area (Å²) in [5, 5.41) is 8.49. The van der Waals surface area contributed by atoms with Crippen molar-refractivity contribution in [2.24, 2.45) is 0 Å². The predicted octanol–water partition coefficient (Wildman–Crippen LogP) is 2.07. The number of esters is 1. The number of nitriles is 1. The van der Waals surface area contributed by atoms with Gasteiger partial charge in [0.1, 0.15) is 11.9 Å². The predicted molar refractivity (Wildman–Crippen MR) is 51.8 cm³/mol. The van der Waals surface area contributed by atoms with Gasteiger partial charge in [-0.2, -0.15) is 5.26 Å². The Balaban J connectivity index is 3.15. The fourth-order valence-electron chi connectivity index (χ4n) is 1.09. The Bertz CT molecular complexity index is 440. The van der Waals surface area contributed by atoms with Crippen LogP contribution in [0, 0.1) is 17.1 Å². The van der Waals surface area contributed by atoms with Gasteiger partial charge in [0, 0.05) is 0 Å². The molecule has 3 nitrogen and oxygen atoms in total. The lowest BCUT2D eigenvalue weighted by atomic mass is 10.1. The molecule has 0 amide bonds. The first-order chi connectivity index (χ1) is 7.10. The molecule has 0 unspecified atom stereocenters. The third kappa shape index (κ3) is 2.45. The van der Waals surface area contributed by atoms with Crippen molar-refractivity contribution in [3.8, 4) is 6.07 Å². The summed E-state index contributed by atoms with van der Waals surface area (Å²) in [7, 11) is 1.24. The molecule has 5 heteroatoms. The first-order valence-electron chi connectivity index (χ1n) is 4.04. The summed E-state index contributed by atoms with van der Waals surface area (Å²) in [5.74, 6) is -1.18. The standard InChI is InChI=1S/C10H7ClFNO2/c1-15-9(14)4-6-2-3-8(12)10(11)7(6)5-13/h2-3H,4H2,1H3. The van der Waals surface area contributed by atoms with Crippen molar-refractivity contribution in [1.29, 1.82) is 5.26 Å². The molecule has 0 aliphatic heterocycles. The maximum atomic E-state index is 13.0. The van der Waals surface area contributed by atoms with E-state index < -0.39 is 11.8 Å². The molecule has 0 aliphatic rings. The molecule has 1 rings (SSSR count). The van der Waals surface area contributed by atoms with E-state index in [9.17, 15) is 9.18 Å². The van der Waals surface area contributed by atoms with Crippen molar-refractivity contribution in [2.45, 2.75) is 6.42 Å². The average Bonchev–Trinajstić information content (AvgIpc) is 2.24. The van der Waals surface area contributed by atoms with Crippen LogP contribution in [0.1, 0.15) is 11.1 Å². The number of hydrogen-bond acceptors (Lipinski definition) is 3. The van der Waals surface area contributed by atoms with Gasteiger partial charge in [-0.25, -0.2) is 4.39 Å². The van der Waals surface area contributed by atoms with E-state index in [1.807, 2.05) is 0 Å². The molecule has 0 heterocycles. The molecule has 1 aromatic carbocycles. The Morgan fingerprint density at radius 2 is 2.33 bits per heavy atom. The summed E-state index contributed by atoms with van der Waals surface area (Å²) in [6.07, 6.45) is -0.0978. The Morgan fingerprint density at radius 1 is 1.67 bits per heavy atom. The highest BCUT2D eigenvalue weighted by Gasteiger charge is 2.14. The fraction of sp³-hybridized carbons (Fsp3) is 0.200. The van der Waals surface area contributed by atoms with Crippen LogP contribution in [0.4, 0.5) is 4.39 Å². The number of benzene rings is 1. The molecule has 0 spiro atoms. The summed E-state index contributed by atoms with van der Waals surface area (Å²) in [4.78, 5) is 11.0. The Morgan fingerprint density at radius 3 is 2.87 bits per heavy atom. The van der Waals surface area contributed by atoms with Crippen molar-refractivity contribution >= 4 is 17.6 Å². The van der Waals surface area contributed by atoms with E-state index in [0.29, 0.717) is 5.56 Å². The minimum Gasteiger partial charge on any atom is -0.469 e. The van der Waals surface area contributed by atoms with Gasteiger partial charge in [-0.15, -0.1) is 0 Å². The second-order valence-electron chi connectivity index (χ2n) is 2.76. The van der Waals surface area contributed by atoms with Crippen LogP contribution in [0.25, 0.3) is 0 Å². The number of methoxy groups -OCH3 is 1. The van der Waals surface area contributed by atoms with Crippen molar-refractivity contribution < 1.29 is 13.9 Å². The molecule has 0 N–H and O–H groups in total. The summed E-state index contributed by atoms with van der Waals surface area (Å²) < 4.78 is 17.4. The van der Waals surface area contributed by atoms with Crippen LogP contribution in [-0.4, -0.2) is 13.1 Å². The summed E-state index contributed by atoms with van der Waals surface area (Å²) in [5.41, 5.74) is 0.331. The lowest BCUT2D eigenvalue weighted by molar-refractivity contribution is -0.139. The third-order valence-electron chi connectivity index (χ3n) is 1.86. The molecule has 0 saturated carbocycles. The monoisotopic (exact) mass is 227 g/mol. The zero-order valence-electron chi connectivity index (χ0n) is 7.88. The van der Waals surface area contributed by atoms with E-state index in [4.69, 9.17) is 16.9 Å². The van der Waals surface area contributed by atoms with Gasteiger partial charge < -0.3 is 4.74 Å². The minimum absolute atomic E-state index is 0.0259. The second-order valence-corrected chi connectivity index (χ2v) is 3.14. The molecule has 0 saturated heterocycles. The van der Waals surface area contributed by atoms with Gasteiger partial charge in [0.15, 0.2) is 0 Å². The summed E-state index contributed by atoms with van der Waals surface area (Å²) >= 11 is 5.58. The topological polar surface area (TPSA) is 50.1 Å². The lowest BCUT2D eigenvalue weighted by Gasteiger charge is -2.04. The largest absolute Gasteiger partial charge is 0.469 e. The molecule has 0 aromatic heterocycles. The van der Waals surface area contributed by atoms with Crippen molar-refractivity contribution in [3.63, 3.8) is 0 Å². The SMILES string of the molecule is COC(=O)Cc1ccc(F)c(Cl)c1C#N. The lowest BCUT2D eigenvalue weighted by Crippen LogP contribution is -2.06. The van der Waals surface area contributed by atoms with E-state index in [1.165, 1.54) is 13.2 Å². The first-order valence-corrected chi connectivity index (χ1v) is 4.41. The molecule has 78 valence electrons. The smallest absolute Gasteiger partial charge is 0.310 e. The van der Waals surface area contributed by atoms with Crippen LogP contribution in [0.15, 0.2) is 12.1 Å². The van der Waals surface area contributed by atoms with Gasteiger partial charge in [0.05, 0.1) is 24.1 Å². The zero-order valence-corrected chi connectivity index (χ0v) is 8.64. The zero-order chi connectivity index (χ0) is 11.4. The Hall–Kier alpha value is -1.60. The minimum atomic E-state index is -0.679. The number of halogens is 2. The molecule has 0 radical (unpaired) electrons. The highest BCUT2D eigenvalue weighted by atomic mass is 35.5. The molecular formula is C10H7ClFNO2. The summed E-state index contributed by atoms with van der Waals surface area (Å²) in [6, 6.07) is 4.21. The Labute approximate surface area is 91.0 Å². The molecule has 15 heavy (non-hydrogen) atoms. The maximum Gasteiger partial charge on any atom is 0.310 e. The van der Waals surface area contributed by atoms with E-state index in [0.717, 1.165) is 6.07 Å². The van der Waals surface area contributed by atoms with Gasteiger partial charge in [-0.1, -0.05) is 17.7 Å². The van der Waals surface area contributed by atoms with Crippen molar-refractivity contribution in [2.75, 3.05) is 7.11 Å². The third-order valence-corrected chi connectivity index (χ3v) is 2.22. The molecule has 0 fully saturated rings. The number of ether oxygens (including phenoxy) is 1. The molecule has 0 aliphatic carbocycles. The van der Waals surface area contributed by atoms with Gasteiger partial charge >= 0.3 is 5.97 Å². The molecule has 0 atom stereocenters. The maximum absolute atomic E-state index is 13.0. The van der Waals surface area contributed by atoms with E-state index >= 15 is 0 Å². The molecule has 0 bridgehead atoms. The first kappa shape index (κ1) is 11.5. The van der Waals surface area contributed by atoms with E-state index in [2.05, 4.69) is 4.74 Å². The van der Waals surface area contributed by atoms with E-state index in [1.54, 1.807) is 6.07 Å². The van der Waals surface area contributed by atoms with Crippen LogP contribution in [0.2, 0.25) is 5.02 Å². The summed E-state index contributed by atoms with van der Waals surface area (Å²) in [6.45, 7) is 0. The van der Waals surface area contributed by atoms with Crippen LogP contribution in [-0.2, 0) is 16.0 Å². The molecular weight excluding hydrogens is 221 g/mol. The normalized spacial score (nSPS) is 9.47. The number of carbonyl (C=O) groups excluding carboxylic acids is 1. The van der Waals surface area contributed by atoms with Gasteiger partial charge in [0.25, 0.3) is 0 Å². The quantitative estimate of drug-likeness (QED) is 0.727. The van der Waals surface area contributed by atoms with Crippen LogP contribution < -0.4 is 0 Å². The number of nitrogens with zero attached hydrogens (tertiary/aromatic N) is 1. The van der Waals surface area contributed by atoms with Gasteiger partial charge in [-0.3, -0.25) is 4.79 Å². The van der Waals surface area contributed by atoms with E-state index in [-0.39, 0.29) is 17.0 Å². The van der Waals surface area contributed by atoms with Crippen LogP contribution in [0.3, 0.4) is 0 Å². The number of carbonyl (C=O) groups is 1.